The van der Waals surface area contributed by atoms with Crippen molar-refractivity contribution in [2.75, 3.05) is 0 Å². The average Bonchev–Trinajstić information content (AvgIpc) is 3.49. The number of pyridine rings is 2. The number of amides is 1. The summed E-state index contributed by atoms with van der Waals surface area (Å²) >= 11 is 3.40. The SMILES string of the molecule is N=C(/C(=C\NCc1cn2cc(C3CC3)ccc2n1)C(=O)NCc1ncn2ccc(Br)cc12)C(F)F. The first-order valence-corrected chi connectivity index (χ1v) is 11.9. The maximum Gasteiger partial charge on any atom is 0.280 e. The van der Waals surface area contributed by atoms with Crippen LogP contribution in [0.3, 0.4) is 0 Å². The van der Waals surface area contributed by atoms with E-state index in [0.29, 0.717) is 17.3 Å². The number of fused-ring (bicyclic) bond motifs is 2. The first kappa shape index (κ1) is 23.2. The van der Waals surface area contributed by atoms with Gasteiger partial charge in [-0.2, -0.15) is 0 Å². The Bertz CT molecular complexity index is 1450. The van der Waals surface area contributed by atoms with Gasteiger partial charge >= 0.3 is 0 Å². The van der Waals surface area contributed by atoms with Crippen molar-refractivity contribution >= 4 is 38.7 Å². The van der Waals surface area contributed by atoms with Crippen molar-refractivity contribution in [2.24, 2.45) is 0 Å². The van der Waals surface area contributed by atoms with Crippen LogP contribution in [0.4, 0.5) is 8.78 Å². The zero-order valence-corrected chi connectivity index (χ0v) is 20.1. The Labute approximate surface area is 207 Å². The van der Waals surface area contributed by atoms with Crippen molar-refractivity contribution in [3.05, 3.63) is 82.4 Å². The minimum atomic E-state index is -3.09. The Hall–Kier alpha value is -3.60. The molecule has 1 amide bonds. The van der Waals surface area contributed by atoms with E-state index >= 15 is 0 Å². The summed E-state index contributed by atoms with van der Waals surface area (Å²) < 4.78 is 31.2. The van der Waals surface area contributed by atoms with Crippen LogP contribution in [0.25, 0.3) is 11.2 Å². The second-order valence-corrected chi connectivity index (χ2v) is 9.31. The maximum absolute atomic E-state index is 13.3. The van der Waals surface area contributed by atoms with Crippen molar-refractivity contribution in [3.63, 3.8) is 0 Å². The molecule has 1 fully saturated rings. The summed E-state index contributed by atoms with van der Waals surface area (Å²) in [6, 6.07) is 7.72. The molecular formula is C24H22BrF2N7O. The zero-order chi connectivity index (χ0) is 24.5. The number of rotatable bonds is 9. The van der Waals surface area contributed by atoms with Gasteiger partial charge in [-0.3, -0.25) is 10.2 Å². The van der Waals surface area contributed by atoms with Crippen LogP contribution in [-0.4, -0.2) is 36.8 Å². The minimum Gasteiger partial charge on any atom is -0.384 e. The van der Waals surface area contributed by atoms with Crippen LogP contribution in [0, 0.1) is 5.41 Å². The smallest absolute Gasteiger partial charge is 0.280 e. The molecule has 4 heterocycles. The number of aromatic nitrogens is 4. The van der Waals surface area contributed by atoms with Crippen LogP contribution in [0.2, 0.25) is 0 Å². The van der Waals surface area contributed by atoms with Crippen LogP contribution < -0.4 is 10.6 Å². The molecule has 0 bridgehead atoms. The molecular weight excluding hydrogens is 520 g/mol. The molecule has 0 saturated heterocycles. The van der Waals surface area contributed by atoms with Gasteiger partial charge in [-0.1, -0.05) is 22.0 Å². The van der Waals surface area contributed by atoms with Crippen molar-refractivity contribution in [2.45, 2.75) is 38.3 Å². The van der Waals surface area contributed by atoms with Gasteiger partial charge in [0, 0.05) is 29.3 Å². The lowest BCUT2D eigenvalue weighted by molar-refractivity contribution is -0.117. The Morgan fingerprint density at radius 1 is 1.23 bits per heavy atom. The number of carbonyl (C=O) groups is 1. The molecule has 35 heavy (non-hydrogen) atoms. The largest absolute Gasteiger partial charge is 0.384 e. The fraction of sp³-hybridized carbons (Fsp3) is 0.250. The van der Waals surface area contributed by atoms with Gasteiger partial charge < -0.3 is 19.4 Å². The first-order valence-electron chi connectivity index (χ1n) is 11.1. The number of hydrogen-bond donors (Lipinski definition) is 3. The van der Waals surface area contributed by atoms with E-state index in [1.807, 2.05) is 35.0 Å². The third-order valence-electron chi connectivity index (χ3n) is 5.85. The summed E-state index contributed by atoms with van der Waals surface area (Å²) in [6.07, 6.45) is 7.80. The van der Waals surface area contributed by atoms with E-state index in [0.717, 1.165) is 21.8 Å². The number of nitrogens with zero attached hydrogens (tertiary/aromatic N) is 4. The van der Waals surface area contributed by atoms with Crippen LogP contribution in [-0.2, 0) is 17.9 Å². The molecule has 11 heteroatoms. The fourth-order valence-electron chi connectivity index (χ4n) is 3.86. The number of hydrogen-bond acceptors (Lipinski definition) is 5. The van der Waals surface area contributed by atoms with Gasteiger partial charge in [-0.05, 0) is 42.5 Å². The van der Waals surface area contributed by atoms with Crippen molar-refractivity contribution in [1.29, 1.82) is 5.41 Å². The van der Waals surface area contributed by atoms with Gasteiger partial charge in [0.05, 0.1) is 41.9 Å². The number of carbonyl (C=O) groups excluding carboxylic acids is 1. The Morgan fingerprint density at radius 3 is 2.83 bits per heavy atom. The van der Waals surface area contributed by atoms with E-state index in [9.17, 15) is 13.6 Å². The van der Waals surface area contributed by atoms with E-state index in [-0.39, 0.29) is 13.1 Å². The van der Waals surface area contributed by atoms with E-state index in [4.69, 9.17) is 5.41 Å². The molecule has 3 N–H and O–H groups in total. The predicted molar refractivity (Wildman–Crippen MR) is 131 cm³/mol. The topological polar surface area (TPSA) is 99.6 Å². The Kier molecular flexibility index (Phi) is 6.33. The zero-order valence-electron chi connectivity index (χ0n) is 18.5. The fourth-order valence-corrected chi connectivity index (χ4v) is 4.19. The molecule has 1 saturated carbocycles. The highest BCUT2D eigenvalue weighted by molar-refractivity contribution is 9.10. The minimum absolute atomic E-state index is 0.0232. The number of nitrogens with one attached hydrogen (secondary N) is 3. The summed E-state index contributed by atoms with van der Waals surface area (Å²) in [6.45, 7) is 0.239. The van der Waals surface area contributed by atoms with Gasteiger partial charge in [-0.25, -0.2) is 18.7 Å². The van der Waals surface area contributed by atoms with E-state index in [1.54, 1.807) is 10.7 Å². The van der Waals surface area contributed by atoms with E-state index in [2.05, 4.69) is 48.8 Å². The van der Waals surface area contributed by atoms with Crippen molar-refractivity contribution in [1.82, 2.24) is 29.4 Å². The second kappa shape index (κ2) is 9.57. The molecule has 5 rings (SSSR count). The summed E-state index contributed by atoms with van der Waals surface area (Å²) in [5.41, 5.74) is 2.59. The summed E-state index contributed by atoms with van der Waals surface area (Å²) in [5.74, 6) is -0.169. The summed E-state index contributed by atoms with van der Waals surface area (Å²) in [5, 5.41) is 13.2. The molecule has 0 aliphatic heterocycles. The maximum atomic E-state index is 13.3. The number of halogens is 3. The molecule has 180 valence electrons. The van der Waals surface area contributed by atoms with Gasteiger partial charge in [-0.15, -0.1) is 0 Å². The average molecular weight is 542 g/mol. The monoisotopic (exact) mass is 541 g/mol. The van der Waals surface area contributed by atoms with Gasteiger partial charge in [0.15, 0.2) is 0 Å². The van der Waals surface area contributed by atoms with Gasteiger partial charge in [0.2, 0.25) is 0 Å². The van der Waals surface area contributed by atoms with Crippen LogP contribution >= 0.6 is 15.9 Å². The molecule has 4 aromatic rings. The summed E-state index contributed by atoms with van der Waals surface area (Å²) in [7, 11) is 0. The standard InChI is InChI=1S/C24H22BrF2N7O/c25-16-5-6-33-13-31-19(20(33)7-16)10-30-24(35)18(22(28)23(26)27)9-29-8-17-12-34-11-15(14-1-2-14)3-4-21(34)32-17/h3-7,9,11-14,23,28-29H,1-2,8,10H2,(H,30,35)/b18-9+,28-22?. The van der Waals surface area contributed by atoms with Crippen LogP contribution in [0.5, 0.6) is 0 Å². The highest BCUT2D eigenvalue weighted by Gasteiger charge is 2.24. The molecule has 0 aromatic carbocycles. The Balaban J connectivity index is 1.27. The van der Waals surface area contributed by atoms with Crippen LogP contribution in [0.1, 0.15) is 35.7 Å². The lowest BCUT2D eigenvalue weighted by atomic mass is 10.1. The van der Waals surface area contributed by atoms with E-state index < -0.39 is 23.6 Å². The molecule has 1 aliphatic rings. The lowest BCUT2D eigenvalue weighted by Gasteiger charge is -2.10. The molecule has 0 unspecified atom stereocenters. The molecule has 0 spiro atoms. The van der Waals surface area contributed by atoms with E-state index in [1.165, 1.54) is 18.4 Å². The summed E-state index contributed by atoms with van der Waals surface area (Å²) in [4.78, 5) is 21.5. The Morgan fingerprint density at radius 2 is 2.06 bits per heavy atom. The van der Waals surface area contributed by atoms with Crippen molar-refractivity contribution in [3.8, 4) is 0 Å². The van der Waals surface area contributed by atoms with Crippen molar-refractivity contribution < 1.29 is 13.6 Å². The predicted octanol–water partition coefficient (Wildman–Crippen LogP) is 4.20. The third kappa shape index (κ3) is 5.09. The van der Waals surface area contributed by atoms with Gasteiger partial charge in [0.25, 0.3) is 12.3 Å². The number of imidazole rings is 2. The molecule has 8 nitrogen and oxygen atoms in total. The highest BCUT2D eigenvalue weighted by Crippen LogP contribution is 2.39. The highest BCUT2D eigenvalue weighted by atomic mass is 79.9. The molecule has 0 atom stereocenters. The first-order chi connectivity index (χ1) is 16.9. The molecule has 1 aliphatic carbocycles. The quantitative estimate of drug-likeness (QED) is 0.218. The van der Waals surface area contributed by atoms with Crippen LogP contribution in [0.15, 0.2) is 65.4 Å². The normalized spacial score (nSPS) is 14.1. The number of alkyl halides is 2. The molecule has 4 aromatic heterocycles. The lowest BCUT2D eigenvalue weighted by Crippen LogP contribution is -2.31. The van der Waals surface area contributed by atoms with Gasteiger partial charge in [0.1, 0.15) is 11.4 Å². The molecule has 0 radical (unpaired) electrons. The third-order valence-corrected chi connectivity index (χ3v) is 6.35. The second-order valence-electron chi connectivity index (χ2n) is 8.40.